The summed E-state index contributed by atoms with van der Waals surface area (Å²) in [6, 6.07) is 1.62. The van der Waals surface area contributed by atoms with Crippen molar-refractivity contribution in [3.63, 3.8) is 0 Å². The second-order valence-electron chi connectivity index (χ2n) is 3.65. The van der Waals surface area contributed by atoms with Gasteiger partial charge >= 0.3 is 6.18 Å². The Morgan fingerprint density at radius 2 is 2.17 bits per heavy atom. The van der Waals surface area contributed by atoms with Crippen molar-refractivity contribution in [1.82, 2.24) is 10.3 Å². The van der Waals surface area contributed by atoms with Gasteiger partial charge in [-0.05, 0) is 12.5 Å². The van der Waals surface area contributed by atoms with Gasteiger partial charge in [0.25, 0.3) is 5.91 Å². The molecule has 0 bridgehead atoms. The second-order valence-corrected chi connectivity index (χ2v) is 3.65. The van der Waals surface area contributed by atoms with Gasteiger partial charge in [0.15, 0.2) is 0 Å². The zero-order valence-corrected chi connectivity index (χ0v) is 9.84. The van der Waals surface area contributed by atoms with Crippen LogP contribution in [0.5, 0.6) is 0 Å². The van der Waals surface area contributed by atoms with Crippen molar-refractivity contribution in [3.8, 4) is 0 Å². The fourth-order valence-corrected chi connectivity index (χ4v) is 1.38. The van der Waals surface area contributed by atoms with Crippen LogP contribution in [0.2, 0.25) is 0 Å². The molecule has 0 fully saturated rings. The van der Waals surface area contributed by atoms with Crippen molar-refractivity contribution < 1.29 is 18.0 Å². The number of rotatable bonds is 5. The summed E-state index contributed by atoms with van der Waals surface area (Å²) < 4.78 is 35.7. The topological polar surface area (TPSA) is 54.0 Å². The Hall–Kier alpha value is -1.79. The number of pyridine rings is 1. The number of hydrogen-bond acceptors (Lipinski definition) is 3. The van der Waals surface area contributed by atoms with Crippen molar-refractivity contribution in [1.29, 1.82) is 0 Å². The van der Waals surface area contributed by atoms with Gasteiger partial charge in [0, 0.05) is 38.1 Å². The third-order valence-electron chi connectivity index (χ3n) is 2.26. The lowest BCUT2D eigenvalue weighted by atomic mass is 10.2. The van der Waals surface area contributed by atoms with Crippen LogP contribution in [-0.2, 0) is 0 Å². The van der Waals surface area contributed by atoms with Crippen LogP contribution in [0.1, 0.15) is 23.2 Å². The summed E-state index contributed by atoms with van der Waals surface area (Å²) in [6.07, 6.45) is -2.34. The molecule has 1 amide bonds. The molecular weight excluding hydrogens is 247 g/mol. The summed E-state index contributed by atoms with van der Waals surface area (Å²) in [6.45, 7) is -0.0175. The Kier molecular flexibility index (Phi) is 4.94. The molecule has 2 N–H and O–H groups in total. The highest BCUT2D eigenvalue weighted by molar-refractivity contribution is 5.99. The summed E-state index contributed by atoms with van der Waals surface area (Å²) in [7, 11) is 1.65. The number of nitrogens with one attached hydrogen (secondary N) is 2. The standard InChI is InChI=1S/C11H14F3N3O/c1-15-9-3-6-16-7-8(9)10(18)17-5-2-4-11(12,13)14/h3,6-7H,2,4-5H2,1H3,(H,15,16)(H,17,18). The van der Waals surface area contributed by atoms with Gasteiger partial charge in [-0.2, -0.15) is 13.2 Å². The van der Waals surface area contributed by atoms with E-state index in [1.807, 2.05) is 0 Å². The van der Waals surface area contributed by atoms with E-state index in [0.29, 0.717) is 11.3 Å². The molecule has 1 rings (SSSR count). The number of nitrogens with zero attached hydrogens (tertiary/aromatic N) is 1. The highest BCUT2D eigenvalue weighted by Crippen LogP contribution is 2.20. The largest absolute Gasteiger partial charge is 0.389 e. The first kappa shape index (κ1) is 14.3. The molecule has 1 aromatic rings. The van der Waals surface area contributed by atoms with Crippen molar-refractivity contribution >= 4 is 11.6 Å². The predicted octanol–water partition coefficient (Wildman–Crippen LogP) is 2.20. The molecular formula is C11H14F3N3O. The van der Waals surface area contributed by atoms with Crippen LogP contribution in [-0.4, -0.2) is 30.7 Å². The van der Waals surface area contributed by atoms with Gasteiger partial charge in [0.05, 0.1) is 5.56 Å². The van der Waals surface area contributed by atoms with E-state index in [4.69, 9.17) is 0 Å². The molecule has 1 aromatic heterocycles. The van der Waals surface area contributed by atoms with Gasteiger partial charge in [-0.15, -0.1) is 0 Å². The molecule has 0 radical (unpaired) electrons. The van der Waals surface area contributed by atoms with E-state index in [-0.39, 0.29) is 13.0 Å². The third kappa shape index (κ3) is 4.60. The van der Waals surface area contributed by atoms with Crippen LogP contribution >= 0.6 is 0 Å². The average molecular weight is 261 g/mol. The van der Waals surface area contributed by atoms with E-state index in [1.54, 1.807) is 13.1 Å². The Morgan fingerprint density at radius 3 is 2.78 bits per heavy atom. The minimum Gasteiger partial charge on any atom is -0.387 e. The molecule has 0 aliphatic rings. The van der Waals surface area contributed by atoms with Crippen LogP contribution in [0.15, 0.2) is 18.5 Å². The van der Waals surface area contributed by atoms with Crippen LogP contribution in [0.25, 0.3) is 0 Å². The molecule has 0 aromatic carbocycles. The zero-order valence-electron chi connectivity index (χ0n) is 9.84. The summed E-state index contributed by atoms with van der Waals surface area (Å²) in [5.74, 6) is -0.436. The van der Waals surface area contributed by atoms with E-state index in [9.17, 15) is 18.0 Å². The average Bonchev–Trinajstić information content (AvgIpc) is 2.33. The number of carbonyl (C=O) groups excluding carboxylic acids is 1. The van der Waals surface area contributed by atoms with E-state index < -0.39 is 18.5 Å². The molecule has 0 spiro atoms. The van der Waals surface area contributed by atoms with Gasteiger partial charge in [-0.25, -0.2) is 0 Å². The normalized spacial score (nSPS) is 11.1. The number of alkyl halides is 3. The summed E-state index contributed by atoms with van der Waals surface area (Å²) in [5, 5.41) is 5.24. The van der Waals surface area contributed by atoms with Gasteiger partial charge in [-0.1, -0.05) is 0 Å². The van der Waals surface area contributed by atoms with Crippen molar-refractivity contribution in [2.45, 2.75) is 19.0 Å². The first-order valence-corrected chi connectivity index (χ1v) is 5.41. The van der Waals surface area contributed by atoms with Gasteiger partial charge < -0.3 is 10.6 Å². The predicted molar refractivity (Wildman–Crippen MR) is 61.4 cm³/mol. The molecule has 18 heavy (non-hydrogen) atoms. The first-order chi connectivity index (χ1) is 8.44. The molecule has 0 saturated carbocycles. The number of aromatic nitrogens is 1. The van der Waals surface area contributed by atoms with E-state index in [2.05, 4.69) is 15.6 Å². The fraction of sp³-hybridized carbons (Fsp3) is 0.455. The molecule has 0 atom stereocenters. The summed E-state index contributed by atoms with van der Waals surface area (Å²) in [4.78, 5) is 15.5. The second kappa shape index (κ2) is 6.23. The van der Waals surface area contributed by atoms with Crippen LogP contribution in [0.4, 0.5) is 18.9 Å². The number of hydrogen-bond donors (Lipinski definition) is 2. The highest BCUT2D eigenvalue weighted by Gasteiger charge is 2.26. The number of anilines is 1. The summed E-state index contributed by atoms with van der Waals surface area (Å²) in [5.41, 5.74) is 0.894. The monoisotopic (exact) mass is 261 g/mol. The van der Waals surface area contributed by atoms with Gasteiger partial charge in [-0.3, -0.25) is 9.78 Å². The maximum Gasteiger partial charge on any atom is 0.389 e. The molecule has 4 nitrogen and oxygen atoms in total. The minimum atomic E-state index is -4.19. The lowest BCUT2D eigenvalue weighted by Crippen LogP contribution is -2.26. The van der Waals surface area contributed by atoms with Gasteiger partial charge in [0.2, 0.25) is 0 Å². The van der Waals surface area contributed by atoms with E-state index >= 15 is 0 Å². The van der Waals surface area contributed by atoms with Crippen LogP contribution in [0.3, 0.4) is 0 Å². The molecule has 7 heteroatoms. The molecule has 0 saturated heterocycles. The Bertz CT molecular complexity index is 407. The van der Waals surface area contributed by atoms with Crippen LogP contribution < -0.4 is 10.6 Å². The zero-order chi connectivity index (χ0) is 13.6. The number of carbonyl (C=O) groups is 1. The van der Waals surface area contributed by atoms with E-state index in [0.717, 1.165) is 0 Å². The molecule has 0 aliphatic carbocycles. The first-order valence-electron chi connectivity index (χ1n) is 5.41. The molecule has 0 aliphatic heterocycles. The SMILES string of the molecule is CNc1ccncc1C(=O)NCCCC(F)(F)F. The van der Waals surface area contributed by atoms with E-state index in [1.165, 1.54) is 12.4 Å². The smallest absolute Gasteiger partial charge is 0.387 e. The Labute approximate surface area is 103 Å². The lowest BCUT2D eigenvalue weighted by Gasteiger charge is -2.09. The Morgan fingerprint density at radius 1 is 1.44 bits per heavy atom. The minimum absolute atomic E-state index is 0.0175. The van der Waals surface area contributed by atoms with Crippen molar-refractivity contribution in [2.75, 3.05) is 18.9 Å². The van der Waals surface area contributed by atoms with Crippen molar-refractivity contribution in [3.05, 3.63) is 24.0 Å². The molecule has 100 valence electrons. The third-order valence-corrected chi connectivity index (χ3v) is 2.26. The van der Waals surface area contributed by atoms with Crippen molar-refractivity contribution in [2.24, 2.45) is 0 Å². The fourth-order valence-electron chi connectivity index (χ4n) is 1.38. The quantitative estimate of drug-likeness (QED) is 0.799. The summed E-state index contributed by atoms with van der Waals surface area (Å²) >= 11 is 0. The lowest BCUT2D eigenvalue weighted by molar-refractivity contribution is -0.135. The maximum atomic E-state index is 11.9. The van der Waals surface area contributed by atoms with Gasteiger partial charge in [0.1, 0.15) is 0 Å². The number of halogens is 3. The molecule has 1 heterocycles. The molecule has 0 unspecified atom stereocenters. The van der Waals surface area contributed by atoms with Crippen LogP contribution in [0, 0.1) is 0 Å². The Balaban J connectivity index is 2.46. The highest BCUT2D eigenvalue weighted by atomic mass is 19.4. The maximum absolute atomic E-state index is 11.9. The number of amides is 1.